The maximum absolute atomic E-state index is 11.0. The standard InChI is InChI=1S/C16H12ClNO3S2/c1-22-10-4-2-9(3-5-10)16-18-11(8-14(19)20)15(21-16)12-6-7-13(17)23-12/h2-7H,8H2,1H3,(H,19,20)/p-1. The molecule has 0 saturated carbocycles. The number of halogens is 1. The van der Waals surface area contributed by atoms with Crippen LogP contribution in [0.4, 0.5) is 0 Å². The minimum Gasteiger partial charge on any atom is -0.550 e. The number of aromatic nitrogens is 1. The summed E-state index contributed by atoms with van der Waals surface area (Å²) in [6.45, 7) is 0. The van der Waals surface area contributed by atoms with E-state index < -0.39 is 5.97 Å². The molecule has 0 saturated heterocycles. The fourth-order valence-corrected chi connectivity index (χ4v) is 3.55. The van der Waals surface area contributed by atoms with Crippen molar-refractivity contribution in [1.29, 1.82) is 0 Å². The molecule has 0 N–H and O–H groups in total. The largest absolute Gasteiger partial charge is 0.550 e. The van der Waals surface area contributed by atoms with E-state index in [-0.39, 0.29) is 6.42 Å². The van der Waals surface area contributed by atoms with Crippen LogP contribution in [0.15, 0.2) is 45.7 Å². The Kier molecular flexibility index (Phi) is 4.75. The Labute approximate surface area is 146 Å². The van der Waals surface area contributed by atoms with E-state index in [2.05, 4.69) is 4.98 Å². The van der Waals surface area contributed by atoms with Crippen molar-refractivity contribution < 1.29 is 14.3 Å². The number of hydrogen-bond donors (Lipinski definition) is 0. The first-order valence-electron chi connectivity index (χ1n) is 6.66. The summed E-state index contributed by atoms with van der Waals surface area (Å²) in [5.41, 5.74) is 1.13. The van der Waals surface area contributed by atoms with Crippen molar-refractivity contribution in [2.24, 2.45) is 0 Å². The fraction of sp³-hybridized carbons (Fsp3) is 0.125. The number of nitrogens with zero attached hydrogens (tertiary/aromatic N) is 1. The van der Waals surface area contributed by atoms with Gasteiger partial charge in [0.05, 0.1) is 14.9 Å². The molecule has 1 aromatic carbocycles. The molecule has 0 unspecified atom stereocenters. The van der Waals surface area contributed by atoms with Gasteiger partial charge < -0.3 is 14.3 Å². The predicted molar refractivity (Wildman–Crippen MR) is 90.8 cm³/mol. The molecule has 2 aromatic heterocycles. The molecule has 0 radical (unpaired) electrons. The van der Waals surface area contributed by atoms with Crippen LogP contribution < -0.4 is 5.11 Å². The Bertz CT molecular complexity index is 839. The third kappa shape index (κ3) is 3.60. The number of benzene rings is 1. The van der Waals surface area contributed by atoms with Crippen LogP contribution in [0.2, 0.25) is 4.34 Å². The van der Waals surface area contributed by atoms with E-state index in [9.17, 15) is 9.90 Å². The third-order valence-electron chi connectivity index (χ3n) is 3.14. The highest BCUT2D eigenvalue weighted by molar-refractivity contribution is 7.98. The van der Waals surface area contributed by atoms with Gasteiger partial charge in [0.2, 0.25) is 5.89 Å². The number of aliphatic carboxylic acids is 1. The summed E-state index contributed by atoms with van der Waals surface area (Å²) in [6, 6.07) is 11.2. The molecule has 2 heterocycles. The van der Waals surface area contributed by atoms with Crippen molar-refractivity contribution >= 4 is 40.7 Å². The third-order valence-corrected chi connectivity index (χ3v) is 5.12. The zero-order valence-corrected chi connectivity index (χ0v) is 14.4. The smallest absolute Gasteiger partial charge is 0.227 e. The average molecular weight is 365 g/mol. The van der Waals surface area contributed by atoms with Crippen molar-refractivity contribution in [3.05, 3.63) is 46.4 Å². The summed E-state index contributed by atoms with van der Waals surface area (Å²) >= 11 is 8.90. The Morgan fingerprint density at radius 1 is 1.30 bits per heavy atom. The first-order chi connectivity index (χ1) is 11.1. The van der Waals surface area contributed by atoms with Crippen molar-refractivity contribution in [3.63, 3.8) is 0 Å². The first-order valence-corrected chi connectivity index (χ1v) is 9.08. The molecule has 0 atom stereocenters. The molecule has 118 valence electrons. The molecule has 3 aromatic rings. The number of oxazole rings is 1. The van der Waals surface area contributed by atoms with Crippen molar-refractivity contribution in [2.75, 3.05) is 6.26 Å². The molecule has 0 fully saturated rings. The SMILES string of the molecule is CSc1ccc(-c2nc(CC(=O)[O-])c(-c3ccc(Cl)s3)o2)cc1. The molecule has 0 amide bonds. The van der Waals surface area contributed by atoms with Gasteiger partial charge in [-0.1, -0.05) is 11.6 Å². The topological polar surface area (TPSA) is 66.2 Å². The van der Waals surface area contributed by atoms with Gasteiger partial charge >= 0.3 is 0 Å². The first kappa shape index (κ1) is 16.1. The average Bonchev–Trinajstić information content (AvgIpc) is 3.13. The summed E-state index contributed by atoms with van der Waals surface area (Å²) < 4.78 is 6.42. The minimum atomic E-state index is -1.20. The Morgan fingerprint density at radius 3 is 2.61 bits per heavy atom. The number of carbonyl (C=O) groups excluding carboxylic acids is 1. The van der Waals surface area contributed by atoms with E-state index in [1.165, 1.54) is 11.3 Å². The molecule has 0 aliphatic carbocycles. The van der Waals surface area contributed by atoms with Crippen LogP contribution in [-0.2, 0) is 11.2 Å². The number of carboxylic acids is 1. The van der Waals surface area contributed by atoms with Crippen molar-refractivity contribution in [3.8, 4) is 22.1 Å². The lowest BCUT2D eigenvalue weighted by molar-refractivity contribution is -0.304. The van der Waals surface area contributed by atoms with E-state index in [4.69, 9.17) is 16.0 Å². The van der Waals surface area contributed by atoms with Gasteiger partial charge in [-0.3, -0.25) is 0 Å². The van der Waals surface area contributed by atoms with Gasteiger partial charge in [0.1, 0.15) is 0 Å². The van der Waals surface area contributed by atoms with Gasteiger partial charge in [0.15, 0.2) is 5.76 Å². The van der Waals surface area contributed by atoms with Gasteiger partial charge in [0.25, 0.3) is 0 Å². The Morgan fingerprint density at radius 2 is 2.04 bits per heavy atom. The van der Waals surface area contributed by atoms with Crippen LogP contribution in [0.5, 0.6) is 0 Å². The second-order valence-electron chi connectivity index (χ2n) is 4.68. The van der Waals surface area contributed by atoms with Gasteiger partial charge in [-0.15, -0.1) is 23.1 Å². The zero-order chi connectivity index (χ0) is 16.4. The highest BCUT2D eigenvalue weighted by Crippen LogP contribution is 2.36. The van der Waals surface area contributed by atoms with Crippen LogP contribution in [-0.4, -0.2) is 17.2 Å². The van der Waals surface area contributed by atoms with Crippen LogP contribution >= 0.6 is 34.7 Å². The molecule has 23 heavy (non-hydrogen) atoms. The number of thiophene rings is 1. The van der Waals surface area contributed by atoms with E-state index in [0.29, 0.717) is 21.7 Å². The fourth-order valence-electron chi connectivity index (χ4n) is 2.09. The second-order valence-corrected chi connectivity index (χ2v) is 7.27. The van der Waals surface area contributed by atoms with E-state index in [1.54, 1.807) is 23.9 Å². The molecule has 0 spiro atoms. The van der Waals surface area contributed by atoms with Crippen LogP contribution in [0.25, 0.3) is 22.1 Å². The number of carbonyl (C=O) groups is 1. The summed E-state index contributed by atoms with van der Waals surface area (Å²) in [6.07, 6.45) is 1.69. The van der Waals surface area contributed by atoms with Gasteiger partial charge in [-0.2, -0.15) is 0 Å². The monoisotopic (exact) mass is 364 g/mol. The van der Waals surface area contributed by atoms with Gasteiger partial charge in [-0.05, 0) is 42.7 Å². The van der Waals surface area contributed by atoms with Crippen LogP contribution in [0.3, 0.4) is 0 Å². The maximum Gasteiger partial charge on any atom is 0.227 e. The molecule has 0 aliphatic rings. The van der Waals surface area contributed by atoms with Crippen molar-refractivity contribution in [1.82, 2.24) is 4.98 Å². The molecule has 3 rings (SSSR count). The van der Waals surface area contributed by atoms with Gasteiger partial charge in [0, 0.05) is 22.8 Å². The summed E-state index contributed by atoms with van der Waals surface area (Å²) in [5, 5.41) is 11.0. The lowest BCUT2D eigenvalue weighted by Gasteiger charge is -1.99. The molecule has 7 heteroatoms. The number of hydrogen-bond acceptors (Lipinski definition) is 6. The van der Waals surface area contributed by atoms with Crippen molar-refractivity contribution in [2.45, 2.75) is 11.3 Å². The number of rotatable bonds is 5. The summed E-state index contributed by atoms with van der Waals surface area (Å²) in [5.74, 6) is -0.394. The van der Waals surface area contributed by atoms with Gasteiger partial charge in [-0.25, -0.2) is 4.98 Å². The molecule has 0 aliphatic heterocycles. The molecular formula is C16H11ClNO3S2-. The lowest BCUT2D eigenvalue weighted by Crippen LogP contribution is -2.24. The Balaban J connectivity index is 2.04. The highest BCUT2D eigenvalue weighted by atomic mass is 35.5. The summed E-state index contributed by atoms with van der Waals surface area (Å²) in [4.78, 5) is 17.2. The summed E-state index contributed by atoms with van der Waals surface area (Å²) in [7, 11) is 0. The van der Waals surface area contributed by atoms with E-state index in [0.717, 1.165) is 15.3 Å². The normalized spacial score (nSPS) is 10.9. The van der Waals surface area contributed by atoms with E-state index >= 15 is 0 Å². The minimum absolute atomic E-state index is 0.308. The number of thioether (sulfide) groups is 1. The predicted octanol–water partition coefficient (Wildman–Crippen LogP) is 3.74. The van der Waals surface area contributed by atoms with Crippen LogP contribution in [0.1, 0.15) is 5.69 Å². The second kappa shape index (κ2) is 6.78. The van der Waals surface area contributed by atoms with E-state index in [1.807, 2.05) is 30.5 Å². The maximum atomic E-state index is 11.0. The zero-order valence-electron chi connectivity index (χ0n) is 12.0. The van der Waals surface area contributed by atoms with Crippen LogP contribution in [0, 0.1) is 0 Å². The highest BCUT2D eigenvalue weighted by Gasteiger charge is 2.18. The number of carboxylic acid groups (broad SMARTS) is 1. The molecule has 0 bridgehead atoms. The lowest BCUT2D eigenvalue weighted by atomic mass is 10.2. The quantitative estimate of drug-likeness (QED) is 0.645. The molecular weight excluding hydrogens is 354 g/mol. The molecule has 4 nitrogen and oxygen atoms in total. The Hall–Kier alpha value is -1.76.